The lowest BCUT2D eigenvalue weighted by Gasteiger charge is -2.10. The lowest BCUT2D eigenvalue weighted by molar-refractivity contribution is 0.0993. The molecule has 8 nitrogen and oxygen atoms in total. The van der Waals surface area contributed by atoms with E-state index in [-0.39, 0.29) is 17.0 Å². The second-order valence-electron chi connectivity index (χ2n) is 6.16. The molecule has 0 saturated heterocycles. The number of amides is 2. The van der Waals surface area contributed by atoms with Crippen molar-refractivity contribution >= 4 is 23.3 Å². The maximum atomic E-state index is 12.8. The molecule has 0 spiro atoms. The summed E-state index contributed by atoms with van der Waals surface area (Å²) in [7, 11) is 0. The number of aromatic nitrogens is 4. The standard InChI is InChI=1S/C20H16N6O2/c1-12-6-5-9-16(23-12)25-20(28)14-10-15(13-7-3-2-4-8-13)26-11-22-17(18(21)27)19(26)24-14/h2-11H,1H3,(H2,21,27)(H,23,25,28). The van der Waals surface area contributed by atoms with E-state index in [4.69, 9.17) is 5.73 Å². The van der Waals surface area contributed by atoms with Crippen molar-refractivity contribution in [2.24, 2.45) is 5.73 Å². The van der Waals surface area contributed by atoms with Gasteiger partial charge in [-0.2, -0.15) is 0 Å². The number of pyridine rings is 1. The van der Waals surface area contributed by atoms with Crippen LogP contribution in [0.3, 0.4) is 0 Å². The second-order valence-corrected chi connectivity index (χ2v) is 6.16. The summed E-state index contributed by atoms with van der Waals surface area (Å²) < 4.78 is 1.64. The van der Waals surface area contributed by atoms with Crippen molar-refractivity contribution in [3.63, 3.8) is 0 Å². The summed E-state index contributed by atoms with van der Waals surface area (Å²) in [6.45, 7) is 1.83. The minimum atomic E-state index is -0.716. The van der Waals surface area contributed by atoms with Crippen molar-refractivity contribution in [1.82, 2.24) is 19.4 Å². The van der Waals surface area contributed by atoms with Gasteiger partial charge in [0.25, 0.3) is 11.8 Å². The Morgan fingerprint density at radius 3 is 2.54 bits per heavy atom. The molecule has 1 aromatic carbocycles. The van der Waals surface area contributed by atoms with E-state index in [0.717, 1.165) is 11.3 Å². The zero-order valence-corrected chi connectivity index (χ0v) is 15.0. The highest BCUT2D eigenvalue weighted by atomic mass is 16.2. The summed E-state index contributed by atoms with van der Waals surface area (Å²) in [4.78, 5) is 37.2. The maximum Gasteiger partial charge on any atom is 0.275 e. The molecule has 3 N–H and O–H groups in total. The number of rotatable bonds is 4. The number of hydrogen-bond acceptors (Lipinski definition) is 5. The molecule has 0 aliphatic carbocycles. The van der Waals surface area contributed by atoms with Gasteiger partial charge in [-0.3, -0.25) is 14.0 Å². The first-order valence-electron chi connectivity index (χ1n) is 8.51. The SMILES string of the molecule is Cc1cccc(NC(=O)c2cc(-c3ccccc3)n3cnc(C(N)=O)c3n2)n1. The van der Waals surface area contributed by atoms with Crippen LogP contribution in [0.1, 0.15) is 26.7 Å². The monoisotopic (exact) mass is 372 g/mol. The number of nitrogens with one attached hydrogen (secondary N) is 1. The highest BCUT2D eigenvalue weighted by Gasteiger charge is 2.19. The lowest BCUT2D eigenvalue weighted by atomic mass is 10.1. The van der Waals surface area contributed by atoms with Gasteiger partial charge in [-0.1, -0.05) is 36.4 Å². The van der Waals surface area contributed by atoms with Crippen LogP contribution in [0.2, 0.25) is 0 Å². The first-order valence-corrected chi connectivity index (χ1v) is 8.51. The first-order chi connectivity index (χ1) is 13.5. The Kier molecular flexibility index (Phi) is 4.29. The van der Waals surface area contributed by atoms with Crippen LogP contribution in [0.5, 0.6) is 0 Å². The molecule has 8 heteroatoms. The third-order valence-corrected chi connectivity index (χ3v) is 4.17. The molecule has 0 aliphatic rings. The largest absolute Gasteiger partial charge is 0.364 e. The van der Waals surface area contributed by atoms with E-state index in [1.807, 2.05) is 43.3 Å². The smallest absolute Gasteiger partial charge is 0.275 e. The summed E-state index contributed by atoms with van der Waals surface area (Å²) in [5.41, 5.74) is 8.03. The number of imidazole rings is 1. The van der Waals surface area contributed by atoms with E-state index in [1.54, 1.807) is 22.6 Å². The molecule has 0 radical (unpaired) electrons. The number of carbonyl (C=O) groups excluding carboxylic acids is 2. The van der Waals surface area contributed by atoms with Crippen LogP contribution in [-0.4, -0.2) is 31.2 Å². The summed E-state index contributed by atoms with van der Waals surface area (Å²) >= 11 is 0. The van der Waals surface area contributed by atoms with Gasteiger partial charge in [0.1, 0.15) is 17.8 Å². The third kappa shape index (κ3) is 3.18. The average molecular weight is 372 g/mol. The Morgan fingerprint density at radius 1 is 1.04 bits per heavy atom. The average Bonchev–Trinajstić information content (AvgIpc) is 3.12. The molecule has 0 fully saturated rings. The predicted octanol–water partition coefficient (Wildman–Crippen LogP) is 2.45. The number of anilines is 1. The molecule has 3 aromatic heterocycles. The van der Waals surface area contributed by atoms with Gasteiger partial charge in [0, 0.05) is 5.69 Å². The predicted molar refractivity (Wildman–Crippen MR) is 104 cm³/mol. The number of nitrogens with two attached hydrogens (primary N) is 1. The molecule has 0 aliphatic heterocycles. The molecular weight excluding hydrogens is 356 g/mol. The van der Waals surface area contributed by atoms with Crippen molar-refractivity contribution in [1.29, 1.82) is 0 Å². The Balaban J connectivity index is 1.85. The van der Waals surface area contributed by atoms with Crippen molar-refractivity contribution in [2.75, 3.05) is 5.32 Å². The number of fused-ring (bicyclic) bond motifs is 1. The van der Waals surface area contributed by atoms with Gasteiger partial charge < -0.3 is 11.1 Å². The molecule has 0 bridgehead atoms. The number of carbonyl (C=O) groups is 2. The van der Waals surface area contributed by atoms with Gasteiger partial charge in [0.15, 0.2) is 11.3 Å². The van der Waals surface area contributed by atoms with E-state index in [0.29, 0.717) is 11.5 Å². The summed E-state index contributed by atoms with van der Waals surface area (Å²) in [6.07, 6.45) is 1.47. The molecule has 0 unspecified atom stereocenters. The Morgan fingerprint density at radius 2 is 1.82 bits per heavy atom. The quantitative estimate of drug-likeness (QED) is 0.571. The van der Waals surface area contributed by atoms with Crippen LogP contribution in [0.25, 0.3) is 16.9 Å². The van der Waals surface area contributed by atoms with Crippen molar-refractivity contribution in [2.45, 2.75) is 6.92 Å². The molecule has 138 valence electrons. The minimum Gasteiger partial charge on any atom is -0.364 e. The molecule has 3 heterocycles. The van der Waals surface area contributed by atoms with Gasteiger partial charge in [0.05, 0.1) is 5.69 Å². The van der Waals surface area contributed by atoms with E-state index in [2.05, 4.69) is 20.3 Å². The topological polar surface area (TPSA) is 115 Å². The number of benzene rings is 1. The van der Waals surface area contributed by atoms with Crippen LogP contribution in [0.15, 0.2) is 60.9 Å². The number of hydrogen-bond donors (Lipinski definition) is 2. The van der Waals surface area contributed by atoms with Crippen molar-refractivity contribution in [3.05, 3.63) is 78.0 Å². The van der Waals surface area contributed by atoms with Gasteiger partial charge in [-0.15, -0.1) is 0 Å². The lowest BCUT2D eigenvalue weighted by Crippen LogP contribution is -2.17. The summed E-state index contributed by atoms with van der Waals surface area (Å²) in [5, 5.41) is 2.72. The molecule has 4 aromatic rings. The van der Waals surface area contributed by atoms with E-state index in [1.165, 1.54) is 6.33 Å². The second kappa shape index (κ2) is 6.92. The third-order valence-electron chi connectivity index (χ3n) is 4.17. The van der Waals surface area contributed by atoms with E-state index >= 15 is 0 Å². The fourth-order valence-corrected chi connectivity index (χ4v) is 2.88. The van der Waals surface area contributed by atoms with Crippen LogP contribution in [0, 0.1) is 6.92 Å². The van der Waals surface area contributed by atoms with Gasteiger partial charge in [0.2, 0.25) is 0 Å². The zero-order chi connectivity index (χ0) is 19.7. The van der Waals surface area contributed by atoms with Gasteiger partial charge in [-0.25, -0.2) is 15.0 Å². The van der Waals surface area contributed by atoms with Gasteiger partial charge in [-0.05, 0) is 30.7 Å². The minimum absolute atomic E-state index is 0.000474. The Labute approximate surface area is 160 Å². The maximum absolute atomic E-state index is 12.8. The van der Waals surface area contributed by atoms with Gasteiger partial charge >= 0.3 is 0 Å². The fraction of sp³-hybridized carbons (Fsp3) is 0.0500. The highest BCUT2D eigenvalue weighted by Crippen LogP contribution is 2.23. The zero-order valence-electron chi connectivity index (χ0n) is 15.0. The normalized spacial score (nSPS) is 10.8. The summed E-state index contributed by atoms with van der Waals surface area (Å²) in [6, 6.07) is 16.4. The number of aryl methyl sites for hydroxylation is 1. The fourth-order valence-electron chi connectivity index (χ4n) is 2.88. The number of nitrogens with zero attached hydrogens (tertiary/aromatic N) is 4. The molecule has 4 rings (SSSR count). The van der Waals surface area contributed by atoms with Crippen LogP contribution in [-0.2, 0) is 0 Å². The van der Waals surface area contributed by atoms with Crippen molar-refractivity contribution < 1.29 is 9.59 Å². The molecule has 0 saturated carbocycles. The molecular formula is C20H16N6O2. The number of primary amides is 1. The first kappa shape index (κ1) is 17.3. The van der Waals surface area contributed by atoms with E-state index < -0.39 is 11.8 Å². The Hall–Kier alpha value is -4.07. The van der Waals surface area contributed by atoms with E-state index in [9.17, 15) is 9.59 Å². The molecule has 28 heavy (non-hydrogen) atoms. The van der Waals surface area contributed by atoms with Crippen LogP contribution < -0.4 is 11.1 Å². The van der Waals surface area contributed by atoms with Crippen LogP contribution in [0.4, 0.5) is 5.82 Å². The molecule has 2 amide bonds. The molecule has 0 atom stereocenters. The van der Waals surface area contributed by atoms with Crippen LogP contribution >= 0.6 is 0 Å². The highest BCUT2D eigenvalue weighted by molar-refractivity contribution is 6.04. The van der Waals surface area contributed by atoms with Crippen molar-refractivity contribution in [3.8, 4) is 11.3 Å². The Bertz CT molecular complexity index is 1200. The summed E-state index contributed by atoms with van der Waals surface area (Å²) in [5.74, 6) is -0.752.